The number of carbonyl (C=O) groups is 1. The second kappa shape index (κ2) is 8.67. The number of fused-ring (bicyclic) bond motifs is 1. The minimum atomic E-state index is -0.0179. The molecule has 1 N–H and O–H groups in total. The molecule has 158 valence electrons. The van der Waals surface area contributed by atoms with Crippen LogP contribution >= 0.6 is 15.9 Å². The number of benzene rings is 2. The third-order valence-corrected chi connectivity index (χ3v) is 6.62. The van der Waals surface area contributed by atoms with Gasteiger partial charge in [0.25, 0.3) is 0 Å². The van der Waals surface area contributed by atoms with E-state index in [-0.39, 0.29) is 12.1 Å². The first kappa shape index (κ1) is 20.0. The van der Waals surface area contributed by atoms with Gasteiger partial charge in [-0.3, -0.25) is 9.80 Å². The van der Waals surface area contributed by atoms with Gasteiger partial charge >= 0.3 is 6.03 Å². The quantitative estimate of drug-likeness (QED) is 0.481. The van der Waals surface area contributed by atoms with Crippen LogP contribution < -0.4 is 15.1 Å². The summed E-state index contributed by atoms with van der Waals surface area (Å²) in [5.41, 5.74) is 2.74. The number of amides is 2. The number of nitrogens with one attached hydrogen (secondary N) is 1. The minimum Gasteiger partial charge on any atom is -0.324 e. The lowest BCUT2D eigenvalue weighted by molar-refractivity contribution is 0.244. The molecule has 2 amide bonds. The van der Waals surface area contributed by atoms with Crippen molar-refractivity contribution in [1.29, 1.82) is 0 Å². The van der Waals surface area contributed by atoms with Crippen LogP contribution in [0.15, 0.2) is 65.3 Å². The van der Waals surface area contributed by atoms with E-state index in [4.69, 9.17) is 4.98 Å². The molecule has 2 heterocycles. The zero-order chi connectivity index (χ0) is 21.2. The Bertz CT molecular complexity index is 1080. The van der Waals surface area contributed by atoms with Gasteiger partial charge in [0.05, 0.1) is 12.2 Å². The molecule has 1 aromatic heterocycles. The monoisotopic (exact) mass is 477 g/mol. The number of carbonyl (C=O) groups excluding carboxylic acids is 1. The smallest absolute Gasteiger partial charge is 0.324 e. The lowest BCUT2D eigenvalue weighted by Gasteiger charge is -2.41. The van der Waals surface area contributed by atoms with Gasteiger partial charge in [-0.05, 0) is 53.0 Å². The highest BCUT2D eigenvalue weighted by atomic mass is 79.9. The summed E-state index contributed by atoms with van der Waals surface area (Å²) < 4.78 is 0.902. The highest BCUT2D eigenvalue weighted by Crippen LogP contribution is 2.38. The van der Waals surface area contributed by atoms with Crippen molar-refractivity contribution >= 4 is 45.1 Å². The van der Waals surface area contributed by atoms with Gasteiger partial charge in [0.2, 0.25) is 5.95 Å². The van der Waals surface area contributed by atoms with Crippen molar-refractivity contribution in [2.24, 2.45) is 0 Å². The van der Waals surface area contributed by atoms with Crippen LogP contribution in [0.4, 0.5) is 27.9 Å². The Labute approximate surface area is 190 Å². The summed E-state index contributed by atoms with van der Waals surface area (Å²) in [5, 5.41) is 3.26. The first-order chi connectivity index (χ1) is 15.2. The molecule has 31 heavy (non-hydrogen) atoms. The predicted octanol–water partition coefficient (Wildman–Crippen LogP) is 6.26. The van der Waals surface area contributed by atoms with Crippen LogP contribution in [0.1, 0.15) is 37.7 Å². The summed E-state index contributed by atoms with van der Waals surface area (Å²) in [5.74, 6) is 1.24. The predicted molar refractivity (Wildman–Crippen MR) is 127 cm³/mol. The van der Waals surface area contributed by atoms with Gasteiger partial charge in [-0.1, -0.05) is 49.6 Å². The summed E-state index contributed by atoms with van der Waals surface area (Å²) in [7, 11) is 0. The van der Waals surface area contributed by atoms with E-state index in [1.54, 1.807) is 0 Å². The first-order valence-corrected chi connectivity index (χ1v) is 11.5. The highest BCUT2D eigenvalue weighted by Gasteiger charge is 2.38. The fraction of sp³-hybridized carbons (Fsp3) is 0.292. The Morgan fingerprint density at radius 2 is 1.71 bits per heavy atom. The Kier molecular flexibility index (Phi) is 5.59. The van der Waals surface area contributed by atoms with Crippen LogP contribution in [0.25, 0.3) is 0 Å². The second-order valence-electron chi connectivity index (χ2n) is 8.02. The fourth-order valence-corrected chi connectivity index (χ4v) is 4.91. The molecule has 7 heteroatoms. The summed E-state index contributed by atoms with van der Waals surface area (Å²) in [4.78, 5) is 26.9. The number of nitrogens with zero attached hydrogens (tertiary/aromatic N) is 4. The maximum absolute atomic E-state index is 13.8. The Balaban J connectivity index is 1.54. The number of aromatic nitrogens is 2. The van der Waals surface area contributed by atoms with Crippen molar-refractivity contribution in [3.8, 4) is 0 Å². The van der Waals surface area contributed by atoms with E-state index in [0.29, 0.717) is 12.5 Å². The molecule has 3 aromatic rings. The lowest BCUT2D eigenvalue weighted by atomic mass is 9.93. The fourth-order valence-electron chi connectivity index (χ4n) is 4.41. The molecule has 0 radical (unpaired) electrons. The standard InChI is InChI=1S/C24H24BrN5O/c25-20-13-7-8-14-21(20)29-16-17-15-26-23(27-18-9-3-1-4-10-18)28-22(17)30(24(29)31)19-11-5-2-6-12-19/h1,3-4,7-10,13-15,19H,2,5-6,11-12,16H2,(H,26,27,28). The van der Waals surface area contributed by atoms with Crippen LogP contribution in [-0.4, -0.2) is 22.0 Å². The third kappa shape index (κ3) is 4.02. The van der Waals surface area contributed by atoms with Crippen LogP contribution in [0.5, 0.6) is 0 Å². The number of hydrogen-bond donors (Lipinski definition) is 1. The molecule has 6 nitrogen and oxygen atoms in total. The van der Waals surface area contributed by atoms with Gasteiger partial charge in [-0.2, -0.15) is 4.98 Å². The van der Waals surface area contributed by atoms with Gasteiger partial charge < -0.3 is 5.32 Å². The van der Waals surface area contributed by atoms with E-state index >= 15 is 0 Å². The van der Waals surface area contributed by atoms with Crippen molar-refractivity contribution in [2.75, 3.05) is 15.1 Å². The van der Waals surface area contributed by atoms with E-state index in [1.807, 2.05) is 70.6 Å². The van der Waals surface area contributed by atoms with Crippen molar-refractivity contribution in [1.82, 2.24) is 9.97 Å². The third-order valence-electron chi connectivity index (χ3n) is 5.95. The molecule has 0 bridgehead atoms. The molecule has 1 saturated carbocycles. The van der Waals surface area contributed by atoms with E-state index in [9.17, 15) is 4.79 Å². The SMILES string of the molecule is O=C1N(c2ccccc2Br)Cc2cnc(Nc3ccccc3)nc2N1C1CCCCC1. The molecule has 0 spiro atoms. The lowest BCUT2D eigenvalue weighted by Crippen LogP contribution is -2.53. The molecule has 1 fully saturated rings. The van der Waals surface area contributed by atoms with Gasteiger partial charge in [0.1, 0.15) is 5.82 Å². The van der Waals surface area contributed by atoms with E-state index in [0.717, 1.165) is 52.9 Å². The topological polar surface area (TPSA) is 61.4 Å². The molecule has 2 aromatic carbocycles. The van der Waals surface area contributed by atoms with Crippen LogP contribution in [0.3, 0.4) is 0 Å². The number of hydrogen-bond acceptors (Lipinski definition) is 4. The van der Waals surface area contributed by atoms with Crippen molar-refractivity contribution < 1.29 is 4.79 Å². The average Bonchev–Trinajstić information content (AvgIpc) is 2.80. The second-order valence-corrected chi connectivity index (χ2v) is 8.87. The number of urea groups is 1. The summed E-state index contributed by atoms with van der Waals surface area (Å²) in [6, 6.07) is 17.8. The summed E-state index contributed by atoms with van der Waals surface area (Å²) in [6.45, 7) is 0.450. The molecule has 2 aliphatic rings. The molecule has 1 aliphatic carbocycles. The largest absolute Gasteiger partial charge is 0.330 e. The average molecular weight is 478 g/mol. The number of rotatable bonds is 4. The van der Waals surface area contributed by atoms with Gasteiger partial charge in [-0.25, -0.2) is 9.78 Å². The molecular weight excluding hydrogens is 454 g/mol. The summed E-state index contributed by atoms with van der Waals surface area (Å²) in [6.07, 6.45) is 7.35. The molecular formula is C24H24BrN5O. The van der Waals surface area contributed by atoms with Crippen LogP contribution in [0, 0.1) is 0 Å². The van der Waals surface area contributed by atoms with E-state index in [2.05, 4.69) is 26.2 Å². The molecule has 0 atom stereocenters. The Morgan fingerprint density at radius 1 is 0.968 bits per heavy atom. The maximum atomic E-state index is 13.8. The van der Waals surface area contributed by atoms with Gasteiger partial charge in [0.15, 0.2) is 0 Å². The Hall–Kier alpha value is -2.93. The zero-order valence-corrected chi connectivity index (χ0v) is 18.8. The van der Waals surface area contributed by atoms with Crippen molar-refractivity contribution in [3.05, 3.63) is 70.8 Å². The number of anilines is 4. The van der Waals surface area contributed by atoms with Gasteiger partial charge in [-0.15, -0.1) is 0 Å². The van der Waals surface area contributed by atoms with Gasteiger partial charge in [0, 0.05) is 28.0 Å². The molecule has 0 saturated heterocycles. The zero-order valence-electron chi connectivity index (χ0n) is 17.2. The number of halogens is 1. The van der Waals surface area contributed by atoms with Crippen LogP contribution in [-0.2, 0) is 6.54 Å². The van der Waals surface area contributed by atoms with Crippen LogP contribution in [0.2, 0.25) is 0 Å². The first-order valence-electron chi connectivity index (χ1n) is 10.7. The van der Waals surface area contributed by atoms with E-state index < -0.39 is 0 Å². The number of para-hydroxylation sites is 2. The molecule has 5 rings (SSSR count). The summed E-state index contributed by atoms with van der Waals surface area (Å²) >= 11 is 3.61. The normalized spacial score (nSPS) is 16.9. The van der Waals surface area contributed by atoms with Crippen molar-refractivity contribution in [3.63, 3.8) is 0 Å². The molecule has 0 unspecified atom stereocenters. The van der Waals surface area contributed by atoms with E-state index in [1.165, 1.54) is 6.42 Å². The molecule has 1 aliphatic heterocycles. The minimum absolute atomic E-state index is 0.0179. The highest BCUT2D eigenvalue weighted by molar-refractivity contribution is 9.10. The Morgan fingerprint density at radius 3 is 2.48 bits per heavy atom. The maximum Gasteiger partial charge on any atom is 0.330 e. The van der Waals surface area contributed by atoms with Crippen molar-refractivity contribution in [2.45, 2.75) is 44.7 Å².